The molecule has 2 aliphatic rings. The summed E-state index contributed by atoms with van der Waals surface area (Å²) in [5.74, 6) is -2.21. The molecule has 16 heavy (non-hydrogen) atoms. The van der Waals surface area contributed by atoms with Gasteiger partial charge in [0.2, 0.25) is 0 Å². The van der Waals surface area contributed by atoms with E-state index in [1.165, 1.54) is 0 Å². The van der Waals surface area contributed by atoms with Gasteiger partial charge in [0.1, 0.15) is 11.8 Å². The van der Waals surface area contributed by atoms with Crippen LogP contribution in [-0.4, -0.2) is 11.6 Å². The smallest absolute Gasteiger partial charge is 0.164 e. The number of Topliss-reactive ketones (excluding diaryl/α,β-unsaturated/α-hetero) is 2. The Bertz CT molecular complexity index is 422. The van der Waals surface area contributed by atoms with Crippen molar-refractivity contribution in [3.63, 3.8) is 0 Å². The lowest BCUT2D eigenvalue weighted by Gasteiger charge is -2.40. The largest absolute Gasteiger partial charge is 0.297 e. The van der Waals surface area contributed by atoms with Crippen LogP contribution in [0.15, 0.2) is 0 Å². The highest BCUT2D eigenvalue weighted by Crippen LogP contribution is 2.58. The van der Waals surface area contributed by atoms with E-state index in [1.54, 1.807) is 13.8 Å². The topological polar surface area (TPSA) is 81.7 Å². The van der Waals surface area contributed by atoms with Crippen LogP contribution in [0.5, 0.6) is 0 Å². The highest BCUT2D eigenvalue weighted by molar-refractivity contribution is 6.15. The molecule has 0 aromatic heterocycles. The van der Waals surface area contributed by atoms with Crippen LogP contribution in [-0.2, 0) is 9.59 Å². The van der Waals surface area contributed by atoms with Gasteiger partial charge in [0.05, 0.1) is 17.6 Å². The minimum Gasteiger partial charge on any atom is -0.297 e. The molecule has 2 atom stereocenters. The Labute approximate surface area is 93.9 Å². The van der Waals surface area contributed by atoms with Gasteiger partial charge in [0.15, 0.2) is 11.6 Å². The van der Waals surface area contributed by atoms with Gasteiger partial charge < -0.3 is 0 Å². The lowest BCUT2D eigenvalue weighted by molar-refractivity contribution is -0.148. The first kappa shape index (κ1) is 10.8. The van der Waals surface area contributed by atoms with Crippen LogP contribution < -0.4 is 0 Å². The summed E-state index contributed by atoms with van der Waals surface area (Å²) in [7, 11) is 0. The average Bonchev–Trinajstić information content (AvgIpc) is 2.97. The molecule has 4 nitrogen and oxygen atoms in total. The lowest BCUT2D eigenvalue weighted by Crippen LogP contribution is -2.52. The maximum Gasteiger partial charge on any atom is 0.164 e. The molecule has 2 aliphatic carbocycles. The zero-order chi connectivity index (χ0) is 12.1. The molecule has 0 amide bonds. The van der Waals surface area contributed by atoms with Gasteiger partial charge in [-0.3, -0.25) is 9.59 Å². The first-order chi connectivity index (χ1) is 7.41. The molecular formula is C12H12N2O2. The Hall–Kier alpha value is -1.68. The third-order valence-corrected chi connectivity index (χ3v) is 3.96. The molecular weight excluding hydrogens is 204 g/mol. The highest BCUT2D eigenvalue weighted by atomic mass is 16.2. The number of hydrogen-bond acceptors (Lipinski definition) is 4. The summed E-state index contributed by atoms with van der Waals surface area (Å²) in [6.45, 7) is 3.31. The van der Waals surface area contributed by atoms with E-state index in [9.17, 15) is 9.59 Å². The van der Waals surface area contributed by atoms with Gasteiger partial charge in [-0.1, -0.05) is 13.8 Å². The van der Waals surface area contributed by atoms with Gasteiger partial charge in [0, 0.05) is 5.41 Å². The number of nitrogens with zero attached hydrogens (tertiary/aromatic N) is 2. The highest BCUT2D eigenvalue weighted by Gasteiger charge is 2.67. The minimum atomic E-state index is -0.976. The molecule has 0 N–H and O–H groups in total. The molecule has 0 aliphatic heterocycles. The van der Waals surface area contributed by atoms with E-state index in [4.69, 9.17) is 10.5 Å². The molecule has 0 radical (unpaired) electrons. The number of rotatable bonds is 0. The maximum atomic E-state index is 12.1. The fourth-order valence-corrected chi connectivity index (χ4v) is 2.58. The average molecular weight is 216 g/mol. The Balaban J connectivity index is 2.53. The van der Waals surface area contributed by atoms with E-state index >= 15 is 0 Å². The summed E-state index contributed by atoms with van der Waals surface area (Å²) in [4.78, 5) is 24.2. The van der Waals surface area contributed by atoms with Crippen molar-refractivity contribution in [1.29, 1.82) is 10.5 Å². The normalized spacial score (nSPS) is 34.2. The van der Waals surface area contributed by atoms with Crippen molar-refractivity contribution < 1.29 is 9.59 Å². The Morgan fingerprint density at radius 1 is 1.06 bits per heavy atom. The van der Waals surface area contributed by atoms with E-state index in [1.807, 2.05) is 12.1 Å². The van der Waals surface area contributed by atoms with Crippen LogP contribution in [0.4, 0.5) is 0 Å². The lowest BCUT2D eigenvalue weighted by atomic mass is 9.57. The molecule has 0 bridgehead atoms. The summed E-state index contributed by atoms with van der Waals surface area (Å²) in [6, 6.07) is 3.94. The van der Waals surface area contributed by atoms with Crippen molar-refractivity contribution in [3.8, 4) is 12.1 Å². The number of nitriles is 2. The molecule has 82 valence electrons. The number of ketones is 2. The van der Waals surface area contributed by atoms with Crippen LogP contribution in [0.3, 0.4) is 0 Å². The third kappa shape index (κ3) is 1.02. The van der Waals surface area contributed by atoms with Crippen LogP contribution in [0.1, 0.15) is 26.7 Å². The molecule has 2 fully saturated rings. The van der Waals surface area contributed by atoms with Gasteiger partial charge in [-0.2, -0.15) is 10.5 Å². The molecule has 0 aromatic rings. The second-order valence-electron chi connectivity index (χ2n) is 5.26. The van der Waals surface area contributed by atoms with Gasteiger partial charge in [-0.05, 0) is 12.8 Å². The Kier molecular flexibility index (Phi) is 1.97. The summed E-state index contributed by atoms with van der Waals surface area (Å²) < 4.78 is 0. The van der Waals surface area contributed by atoms with E-state index in [0.717, 1.165) is 0 Å². The predicted molar refractivity (Wildman–Crippen MR) is 53.7 cm³/mol. The number of carbonyl (C=O) groups excluding carboxylic acids is 2. The van der Waals surface area contributed by atoms with E-state index < -0.39 is 22.7 Å². The molecule has 2 rings (SSSR count). The zero-order valence-electron chi connectivity index (χ0n) is 9.28. The van der Waals surface area contributed by atoms with Gasteiger partial charge >= 0.3 is 0 Å². The maximum absolute atomic E-state index is 12.1. The quantitative estimate of drug-likeness (QED) is 0.570. The molecule has 0 aromatic carbocycles. The van der Waals surface area contributed by atoms with Crippen LogP contribution in [0, 0.1) is 45.3 Å². The Morgan fingerprint density at radius 2 is 1.44 bits per heavy atom. The van der Waals surface area contributed by atoms with E-state index in [2.05, 4.69) is 0 Å². The van der Waals surface area contributed by atoms with Crippen LogP contribution in [0.2, 0.25) is 0 Å². The predicted octanol–water partition coefficient (Wildman–Crippen LogP) is 1.22. The first-order valence-corrected chi connectivity index (χ1v) is 5.29. The van der Waals surface area contributed by atoms with Crippen LogP contribution in [0.25, 0.3) is 0 Å². The van der Waals surface area contributed by atoms with Gasteiger partial charge in [-0.25, -0.2) is 0 Å². The fourth-order valence-electron chi connectivity index (χ4n) is 2.58. The molecule has 2 unspecified atom stereocenters. The second kappa shape index (κ2) is 2.92. The standard InChI is InChI=1S/C12H12N2O2/c1-11(2)7(5-13)9(15)12(3-4-12)10(16)8(11)6-14/h7-8H,3-4H2,1-2H3. The third-order valence-electron chi connectivity index (χ3n) is 3.96. The second-order valence-corrected chi connectivity index (χ2v) is 5.26. The van der Waals surface area contributed by atoms with E-state index in [-0.39, 0.29) is 11.6 Å². The van der Waals surface area contributed by atoms with Crippen molar-refractivity contribution in [2.24, 2.45) is 22.7 Å². The molecule has 2 saturated carbocycles. The first-order valence-electron chi connectivity index (χ1n) is 5.29. The summed E-state index contributed by atoms with van der Waals surface area (Å²) in [6.07, 6.45) is 1.02. The van der Waals surface area contributed by atoms with Crippen molar-refractivity contribution in [2.75, 3.05) is 0 Å². The minimum absolute atomic E-state index is 0.267. The van der Waals surface area contributed by atoms with Crippen molar-refractivity contribution >= 4 is 11.6 Å². The van der Waals surface area contributed by atoms with Crippen LogP contribution >= 0.6 is 0 Å². The van der Waals surface area contributed by atoms with Crippen molar-refractivity contribution in [1.82, 2.24) is 0 Å². The SMILES string of the molecule is CC1(C)C(C#N)C(=O)C2(CC2)C(=O)C1C#N. The fraction of sp³-hybridized carbons (Fsp3) is 0.667. The Morgan fingerprint density at radius 3 is 1.69 bits per heavy atom. The zero-order valence-corrected chi connectivity index (χ0v) is 9.28. The van der Waals surface area contributed by atoms with Gasteiger partial charge in [0.25, 0.3) is 0 Å². The number of carbonyl (C=O) groups is 2. The molecule has 0 heterocycles. The summed E-state index contributed by atoms with van der Waals surface area (Å²) in [5, 5.41) is 18.1. The summed E-state index contributed by atoms with van der Waals surface area (Å²) in [5.41, 5.74) is -1.85. The van der Waals surface area contributed by atoms with Crippen molar-refractivity contribution in [3.05, 3.63) is 0 Å². The monoisotopic (exact) mass is 216 g/mol. The van der Waals surface area contributed by atoms with E-state index in [0.29, 0.717) is 12.8 Å². The molecule has 1 spiro atoms. The summed E-state index contributed by atoms with van der Waals surface area (Å²) >= 11 is 0. The molecule has 4 heteroatoms. The van der Waals surface area contributed by atoms with Gasteiger partial charge in [-0.15, -0.1) is 0 Å². The molecule has 0 saturated heterocycles. The van der Waals surface area contributed by atoms with Crippen molar-refractivity contribution in [2.45, 2.75) is 26.7 Å². The number of hydrogen-bond donors (Lipinski definition) is 0.